The van der Waals surface area contributed by atoms with E-state index in [9.17, 15) is 13.2 Å². The summed E-state index contributed by atoms with van der Waals surface area (Å²) >= 11 is 0. The quantitative estimate of drug-likeness (QED) is 0.836. The molecule has 6 nitrogen and oxygen atoms in total. The number of benzene rings is 2. The highest BCUT2D eigenvalue weighted by atomic mass is 32.2. The van der Waals surface area contributed by atoms with Crippen molar-refractivity contribution in [3.63, 3.8) is 0 Å². The SMILES string of the molecule is COc1cccc(NS(=O)(=O)c2ccc3c(c2)C(=C(C)C)C(=O)N3C)c1. The lowest BCUT2D eigenvalue weighted by Crippen LogP contribution is -2.20. The first-order valence-electron chi connectivity index (χ1n) is 8.01. The Morgan fingerprint density at radius 2 is 1.85 bits per heavy atom. The van der Waals surface area contributed by atoms with Crippen molar-refractivity contribution >= 4 is 32.9 Å². The monoisotopic (exact) mass is 372 g/mol. The van der Waals surface area contributed by atoms with Crippen LogP contribution in [0, 0.1) is 0 Å². The highest BCUT2D eigenvalue weighted by Crippen LogP contribution is 2.39. The normalized spacial score (nSPS) is 13.6. The number of amides is 1. The number of carbonyl (C=O) groups excluding carboxylic acids is 1. The summed E-state index contributed by atoms with van der Waals surface area (Å²) in [5.41, 5.74) is 3.12. The molecule has 0 unspecified atom stereocenters. The van der Waals surface area contributed by atoms with E-state index < -0.39 is 10.0 Å². The molecule has 1 amide bonds. The molecule has 0 saturated carbocycles. The van der Waals surface area contributed by atoms with Crippen molar-refractivity contribution in [3.8, 4) is 5.75 Å². The van der Waals surface area contributed by atoms with Gasteiger partial charge in [0.05, 0.1) is 23.4 Å². The number of nitrogens with one attached hydrogen (secondary N) is 1. The molecule has 136 valence electrons. The van der Waals surface area contributed by atoms with Crippen LogP contribution in [0.25, 0.3) is 5.57 Å². The maximum Gasteiger partial charge on any atom is 0.261 e. The van der Waals surface area contributed by atoms with Crippen LogP contribution < -0.4 is 14.4 Å². The summed E-state index contributed by atoms with van der Waals surface area (Å²) in [5.74, 6) is 0.425. The van der Waals surface area contributed by atoms with E-state index in [1.54, 1.807) is 43.4 Å². The number of ether oxygens (including phenoxy) is 1. The van der Waals surface area contributed by atoms with E-state index >= 15 is 0 Å². The number of hydrogen-bond donors (Lipinski definition) is 1. The van der Waals surface area contributed by atoms with Crippen molar-refractivity contribution < 1.29 is 17.9 Å². The van der Waals surface area contributed by atoms with Gasteiger partial charge in [-0.15, -0.1) is 0 Å². The first-order chi connectivity index (χ1) is 12.2. The van der Waals surface area contributed by atoms with E-state index in [2.05, 4.69) is 4.72 Å². The molecular formula is C19H20N2O4S. The maximum absolute atomic E-state index is 12.8. The van der Waals surface area contributed by atoms with Gasteiger partial charge in [-0.1, -0.05) is 11.6 Å². The number of likely N-dealkylation sites (N-methyl/N-ethyl adjacent to an activating group) is 1. The van der Waals surface area contributed by atoms with Crippen LogP contribution in [0.15, 0.2) is 52.9 Å². The minimum absolute atomic E-state index is 0.0981. The molecular weight excluding hydrogens is 352 g/mol. The zero-order chi connectivity index (χ0) is 19.1. The Hall–Kier alpha value is -2.80. The van der Waals surface area contributed by atoms with Crippen LogP contribution in [0.5, 0.6) is 5.75 Å². The van der Waals surface area contributed by atoms with Crippen molar-refractivity contribution in [2.45, 2.75) is 18.7 Å². The van der Waals surface area contributed by atoms with E-state index in [1.165, 1.54) is 18.1 Å². The van der Waals surface area contributed by atoms with Gasteiger partial charge < -0.3 is 9.64 Å². The van der Waals surface area contributed by atoms with Crippen LogP contribution in [-0.2, 0) is 14.8 Å². The summed E-state index contributed by atoms with van der Waals surface area (Å²) in [5, 5.41) is 0. The summed E-state index contributed by atoms with van der Waals surface area (Å²) in [6.07, 6.45) is 0. The number of sulfonamides is 1. The Bertz CT molecular complexity index is 1020. The molecule has 2 aromatic rings. The fourth-order valence-corrected chi connectivity index (χ4v) is 4.03. The van der Waals surface area contributed by atoms with Gasteiger partial charge in [-0.2, -0.15) is 0 Å². The largest absolute Gasteiger partial charge is 0.497 e. The van der Waals surface area contributed by atoms with Gasteiger partial charge in [-0.3, -0.25) is 9.52 Å². The van der Waals surface area contributed by atoms with Gasteiger partial charge in [0.1, 0.15) is 5.75 Å². The minimum atomic E-state index is -3.80. The summed E-state index contributed by atoms with van der Waals surface area (Å²) < 4.78 is 33.2. The van der Waals surface area contributed by atoms with Crippen LogP contribution in [0.4, 0.5) is 11.4 Å². The van der Waals surface area contributed by atoms with Crippen molar-refractivity contribution in [2.24, 2.45) is 0 Å². The van der Waals surface area contributed by atoms with Crippen LogP contribution >= 0.6 is 0 Å². The molecule has 1 heterocycles. The summed E-state index contributed by atoms with van der Waals surface area (Å²) in [7, 11) is -0.605. The fraction of sp³-hybridized carbons (Fsp3) is 0.211. The van der Waals surface area contributed by atoms with Crippen LogP contribution in [0.3, 0.4) is 0 Å². The van der Waals surface area contributed by atoms with Gasteiger partial charge in [-0.05, 0) is 44.2 Å². The second-order valence-electron chi connectivity index (χ2n) is 6.26. The zero-order valence-electron chi connectivity index (χ0n) is 15.0. The summed E-state index contributed by atoms with van der Waals surface area (Å²) in [6.45, 7) is 3.68. The Kier molecular flexibility index (Phi) is 4.50. The van der Waals surface area contributed by atoms with Gasteiger partial charge in [0.2, 0.25) is 0 Å². The van der Waals surface area contributed by atoms with Gasteiger partial charge in [0.25, 0.3) is 15.9 Å². The summed E-state index contributed by atoms with van der Waals surface area (Å²) in [4.78, 5) is 14.0. The Morgan fingerprint density at radius 3 is 2.50 bits per heavy atom. The van der Waals surface area contributed by atoms with Crippen molar-refractivity contribution in [1.29, 1.82) is 0 Å². The van der Waals surface area contributed by atoms with Gasteiger partial charge in [0, 0.05) is 24.3 Å². The lowest BCUT2D eigenvalue weighted by Gasteiger charge is -2.12. The molecule has 7 heteroatoms. The molecule has 0 aliphatic carbocycles. The molecule has 0 saturated heterocycles. The minimum Gasteiger partial charge on any atom is -0.497 e. The number of allylic oxidation sites excluding steroid dienone is 1. The smallest absolute Gasteiger partial charge is 0.261 e. The third-order valence-corrected chi connectivity index (χ3v) is 5.63. The number of methoxy groups -OCH3 is 1. The Balaban J connectivity index is 2.03. The molecule has 0 radical (unpaired) electrons. The van der Waals surface area contributed by atoms with E-state index in [-0.39, 0.29) is 10.8 Å². The fourth-order valence-electron chi connectivity index (χ4n) is 2.95. The van der Waals surface area contributed by atoms with Crippen molar-refractivity contribution in [1.82, 2.24) is 0 Å². The van der Waals surface area contributed by atoms with E-state index in [1.807, 2.05) is 13.8 Å². The third-order valence-electron chi connectivity index (χ3n) is 4.25. The van der Waals surface area contributed by atoms with Gasteiger partial charge in [0.15, 0.2) is 0 Å². The molecule has 1 N–H and O–H groups in total. The molecule has 0 aromatic heterocycles. The average molecular weight is 372 g/mol. The first-order valence-corrected chi connectivity index (χ1v) is 9.50. The zero-order valence-corrected chi connectivity index (χ0v) is 15.8. The molecule has 0 bridgehead atoms. The maximum atomic E-state index is 12.8. The molecule has 1 aliphatic heterocycles. The Morgan fingerprint density at radius 1 is 1.12 bits per heavy atom. The average Bonchev–Trinajstić information content (AvgIpc) is 2.85. The molecule has 0 fully saturated rings. The number of carbonyl (C=O) groups is 1. The number of rotatable bonds is 4. The number of anilines is 2. The molecule has 3 rings (SSSR count). The highest BCUT2D eigenvalue weighted by Gasteiger charge is 2.32. The Labute approximate surface area is 153 Å². The molecule has 2 aromatic carbocycles. The van der Waals surface area contributed by atoms with Gasteiger partial charge in [-0.25, -0.2) is 8.42 Å². The second-order valence-corrected chi connectivity index (χ2v) is 7.94. The van der Waals surface area contributed by atoms with Crippen molar-refractivity contribution in [2.75, 3.05) is 23.8 Å². The van der Waals surface area contributed by atoms with E-state index in [0.29, 0.717) is 28.3 Å². The first kappa shape index (κ1) is 18.0. The standard InChI is InChI=1S/C19H20N2O4S/c1-12(2)18-16-11-15(8-9-17(16)21(3)19(18)22)26(23,24)20-13-6-5-7-14(10-13)25-4/h5-11,20H,1-4H3. The summed E-state index contributed by atoms with van der Waals surface area (Å²) in [6, 6.07) is 11.4. The predicted octanol–water partition coefficient (Wildman–Crippen LogP) is 3.27. The number of hydrogen-bond acceptors (Lipinski definition) is 4. The van der Waals surface area contributed by atoms with Crippen LogP contribution in [-0.4, -0.2) is 28.5 Å². The lowest BCUT2D eigenvalue weighted by molar-refractivity contribution is -0.112. The van der Waals surface area contributed by atoms with E-state index in [0.717, 1.165) is 5.57 Å². The molecule has 1 aliphatic rings. The van der Waals surface area contributed by atoms with Gasteiger partial charge >= 0.3 is 0 Å². The topological polar surface area (TPSA) is 75.7 Å². The lowest BCUT2D eigenvalue weighted by atomic mass is 10.0. The second kappa shape index (κ2) is 6.49. The number of fused-ring (bicyclic) bond motifs is 1. The molecule has 0 atom stereocenters. The molecule has 26 heavy (non-hydrogen) atoms. The van der Waals surface area contributed by atoms with Crippen molar-refractivity contribution in [3.05, 3.63) is 53.6 Å². The third kappa shape index (κ3) is 3.06. The predicted molar refractivity (Wildman–Crippen MR) is 102 cm³/mol. The highest BCUT2D eigenvalue weighted by molar-refractivity contribution is 7.92. The van der Waals surface area contributed by atoms with E-state index in [4.69, 9.17) is 4.74 Å². The molecule has 0 spiro atoms. The number of nitrogens with zero attached hydrogens (tertiary/aromatic N) is 1. The van der Waals surface area contributed by atoms with Crippen LogP contribution in [0.2, 0.25) is 0 Å². The van der Waals surface area contributed by atoms with Crippen LogP contribution in [0.1, 0.15) is 19.4 Å².